The van der Waals surface area contributed by atoms with Crippen LogP contribution in [0.15, 0.2) is 18.2 Å². The van der Waals surface area contributed by atoms with Crippen molar-refractivity contribution in [2.45, 2.75) is 26.7 Å². The molecule has 0 aliphatic heterocycles. The Kier molecular flexibility index (Phi) is 4.40. The quantitative estimate of drug-likeness (QED) is 0.887. The number of aromatic nitrogens is 2. The van der Waals surface area contributed by atoms with E-state index in [0.29, 0.717) is 0 Å². The molecule has 5 heteroatoms. The van der Waals surface area contributed by atoms with E-state index in [1.54, 1.807) is 0 Å². The number of rotatable bonds is 5. The SMILES string of the molecule is CCCc1nn(C)c(Nc2ccc(C)c(N(C)C)c2)c1N. The largest absolute Gasteiger partial charge is 0.394 e. The van der Waals surface area contributed by atoms with Gasteiger partial charge in [0, 0.05) is 32.5 Å². The number of nitrogen functional groups attached to an aromatic ring is 1. The van der Waals surface area contributed by atoms with Gasteiger partial charge in [-0.1, -0.05) is 19.4 Å². The predicted octanol–water partition coefficient (Wildman–Crippen LogP) is 3.07. The van der Waals surface area contributed by atoms with Crippen molar-refractivity contribution in [2.24, 2.45) is 7.05 Å². The summed E-state index contributed by atoms with van der Waals surface area (Å²) < 4.78 is 1.81. The first-order valence-electron chi connectivity index (χ1n) is 7.30. The van der Waals surface area contributed by atoms with Gasteiger partial charge in [-0.05, 0) is 31.0 Å². The highest BCUT2D eigenvalue weighted by molar-refractivity contribution is 5.73. The highest BCUT2D eigenvalue weighted by atomic mass is 15.3. The number of hydrogen-bond acceptors (Lipinski definition) is 4. The third kappa shape index (κ3) is 3.12. The first-order valence-corrected chi connectivity index (χ1v) is 7.30. The summed E-state index contributed by atoms with van der Waals surface area (Å²) in [5.74, 6) is 0.854. The van der Waals surface area contributed by atoms with Gasteiger partial charge in [0.25, 0.3) is 0 Å². The Labute approximate surface area is 126 Å². The van der Waals surface area contributed by atoms with Gasteiger partial charge in [0.2, 0.25) is 0 Å². The second-order valence-electron chi connectivity index (χ2n) is 5.60. The molecular weight excluding hydrogens is 262 g/mol. The fourth-order valence-electron chi connectivity index (χ4n) is 2.47. The van der Waals surface area contributed by atoms with Gasteiger partial charge in [-0.15, -0.1) is 0 Å². The molecule has 114 valence electrons. The Morgan fingerprint density at radius 1 is 1.33 bits per heavy atom. The molecule has 0 saturated carbocycles. The van der Waals surface area contributed by atoms with Crippen molar-refractivity contribution >= 4 is 22.9 Å². The summed E-state index contributed by atoms with van der Waals surface area (Å²) in [5.41, 5.74) is 11.4. The van der Waals surface area contributed by atoms with Crippen LogP contribution in [-0.4, -0.2) is 23.9 Å². The Hall–Kier alpha value is -2.17. The molecule has 1 aromatic carbocycles. The fourth-order valence-corrected chi connectivity index (χ4v) is 2.47. The number of hydrogen-bond donors (Lipinski definition) is 2. The number of anilines is 4. The van der Waals surface area contributed by atoms with Gasteiger partial charge in [-0.2, -0.15) is 5.10 Å². The molecule has 0 unspecified atom stereocenters. The molecule has 1 heterocycles. The minimum absolute atomic E-state index is 0.742. The lowest BCUT2D eigenvalue weighted by molar-refractivity contribution is 0.740. The van der Waals surface area contributed by atoms with E-state index in [2.05, 4.69) is 47.4 Å². The van der Waals surface area contributed by atoms with Crippen molar-refractivity contribution in [1.82, 2.24) is 9.78 Å². The van der Waals surface area contributed by atoms with Crippen molar-refractivity contribution in [3.8, 4) is 0 Å². The lowest BCUT2D eigenvalue weighted by atomic mass is 10.1. The molecule has 5 nitrogen and oxygen atoms in total. The highest BCUT2D eigenvalue weighted by Crippen LogP contribution is 2.29. The Bertz CT molecular complexity index is 628. The summed E-state index contributed by atoms with van der Waals surface area (Å²) in [5, 5.41) is 7.88. The van der Waals surface area contributed by atoms with E-state index in [1.165, 1.54) is 11.3 Å². The van der Waals surface area contributed by atoms with Crippen molar-refractivity contribution in [2.75, 3.05) is 30.0 Å². The molecule has 0 aliphatic carbocycles. The summed E-state index contributed by atoms with van der Waals surface area (Å²) in [6, 6.07) is 6.30. The van der Waals surface area contributed by atoms with Crippen molar-refractivity contribution < 1.29 is 0 Å². The third-order valence-corrected chi connectivity index (χ3v) is 3.60. The molecule has 0 saturated heterocycles. The van der Waals surface area contributed by atoms with Gasteiger partial charge < -0.3 is 16.0 Å². The zero-order valence-electron chi connectivity index (χ0n) is 13.6. The fraction of sp³-hybridized carbons (Fsp3) is 0.438. The Morgan fingerprint density at radius 2 is 2.05 bits per heavy atom. The lowest BCUT2D eigenvalue weighted by Crippen LogP contribution is -2.10. The minimum atomic E-state index is 0.742. The van der Waals surface area contributed by atoms with Gasteiger partial charge in [0.05, 0.1) is 11.4 Å². The van der Waals surface area contributed by atoms with Gasteiger partial charge in [0.1, 0.15) is 0 Å². The van der Waals surface area contributed by atoms with Crippen LogP contribution in [0.4, 0.5) is 22.9 Å². The molecule has 0 atom stereocenters. The molecule has 0 amide bonds. The van der Waals surface area contributed by atoms with Crippen LogP contribution in [0.25, 0.3) is 0 Å². The first-order chi connectivity index (χ1) is 9.93. The van der Waals surface area contributed by atoms with Crippen LogP contribution in [0.2, 0.25) is 0 Å². The lowest BCUT2D eigenvalue weighted by Gasteiger charge is -2.17. The molecule has 0 fully saturated rings. The minimum Gasteiger partial charge on any atom is -0.394 e. The standard InChI is InChI=1S/C16H25N5/c1-6-7-13-15(17)16(21(5)19-13)18-12-9-8-11(2)14(10-12)20(3)4/h8-10,18H,6-7,17H2,1-5H3. The molecular formula is C16H25N5. The van der Waals surface area contributed by atoms with Gasteiger partial charge >= 0.3 is 0 Å². The maximum absolute atomic E-state index is 6.21. The summed E-state index contributed by atoms with van der Waals surface area (Å²) >= 11 is 0. The van der Waals surface area contributed by atoms with E-state index < -0.39 is 0 Å². The van der Waals surface area contributed by atoms with Gasteiger partial charge in [-0.3, -0.25) is 4.68 Å². The Morgan fingerprint density at radius 3 is 2.67 bits per heavy atom. The molecule has 0 bridgehead atoms. The zero-order valence-corrected chi connectivity index (χ0v) is 13.6. The van der Waals surface area contributed by atoms with Crippen LogP contribution in [0.5, 0.6) is 0 Å². The Balaban J connectivity index is 2.32. The molecule has 21 heavy (non-hydrogen) atoms. The van der Waals surface area contributed by atoms with Crippen LogP contribution in [-0.2, 0) is 13.5 Å². The molecule has 2 rings (SSSR count). The van der Waals surface area contributed by atoms with E-state index in [1.807, 2.05) is 25.8 Å². The smallest absolute Gasteiger partial charge is 0.152 e. The second-order valence-corrected chi connectivity index (χ2v) is 5.60. The molecule has 2 aromatic rings. The number of nitrogens with two attached hydrogens (primary N) is 1. The van der Waals surface area contributed by atoms with Crippen molar-refractivity contribution in [1.29, 1.82) is 0 Å². The number of nitrogens with zero attached hydrogens (tertiary/aromatic N) is 3. The number of benzene rings is 1. The van der Waals surface area contributed by atoms with E-state index in [9.17, 15) is 0 Å². The number of nitrogens with one attached hydrogen (secondary N) is 1. The monoisotopic (exact) mass is 287 g/mol. The number of aryl methyl sites for hydroxylation is 3. The normalized spacial score (nSPS) is 10.7. The molecule has 0 aliphatic rings. The van der Waals surface area contributed by atoms with E-state index in [0.717, 1.165) is 35.7 Å². The highest BCUT2D eigenvalue weighted by Gasteiger charge is 2.13. The molecule has 1 aromatic heterocycles. The maximum Gasteiger partial charge on any atom is 0.152 e. The summed E-state index contributed by atoms with van der Waals surface area (Å²) in [7, 11) is 6.01. The molecule has 0 spiro atoms. The summed E-state index contributed by atoms with van der Waals surface area (Å²) in [6.07, 6.45) is 1.94. The third-order valence-electron chi connectivity index (χ3n) is 3.60. The average molecular weight is 287 g/mol. The summed E-state index contributed by atoms with van der Waals surface area (Å²) in [6.45, 7) is 4.24. The van der Waals surface area contributed by atoms with Crippen molar-refractivity contribution in [3.05, 3.63) is 29.5 Å². The molecule has 0 radical (unpaired) electrons. The van der Waals surface area contributed by atoms with Crippen LogP contribution in [0.1, 0.15) is 24.6 Å². The van der Waals surface area contributed by atoms with Crippen LogP contribution < -0.4 is 16.0 Å². The average Bonchev–Trinajstić information content (AvgIpc) is 2.68. The topological polar surface area (TPSA) is 59.1 Å². The predicted molar refractivity (Wildman–Crippen MR) is 90.4 cm³/mol. The van der Waals surface area contributed by atoms with E-state index >= 15 is 0 Å². The van der Waals surface area contributed by atoms with Crippen LogP contribution in [0.3, 0.4) is 0 Å². The van der Waals surface area contributed by atoms with Crippen LogP contribution in [0, 0.1) is 6.92 Å². The summed E-state index contributed by atoms with van der Waals surface area (Å²) in [4.78, 5) is 2.11. The second kappa shape index (κ2) is 6.08. The van der Waals surface area contributed by atoms with Crippen LogP contribution >= 0.6 is 0 Å². The van der Waals surface area contributed by atoms with E-state index in [4.69, 9.17) is 5.73 Å². The maximum atomic E-state index is 6.21. The molecule has 3 N–H and O–H groups in total. The van der Waals surface area contributed by atoms with Gasteiger partial charge in [-0.25, -0.2) is 0 Å². The van der Waals surface area contributed by atoms with Crippen molar-refractivity contribution in [3.63, 3.8) is 0 Å². The van der Waals surface area contributed by atoms with E-state index in [-0.39, 0.29) is 0 Å². The van der Waals surface area contributed by atoms with Gasteiger partial charge in [0.15, 0.2) is 5.82 Å². The zero-order chi connectivity index (χ0) is 15.6. The first kappa shape index (κ1) is 15.2.